The van der Waals surface area contributed by atoms with Crippen molar-refractivity contribution in [2.45, 2.75) is 25.9 Å². The third kappa shape index (κ3) is 3.24. The Bertz CT molecular complexity index is 887. The predicted octanol–water partition coefficient (Wildman–Crippen LogP) is 4.03. The number of ether oxygens (including phenoxy) is 1. The highest BCUT2D eigenvalue weighted by molar-refractivity contribution is 5.86. The van der Waals surface area contributed by atoms with Crippen LogP contribution in [0.4, 0.5) is 8.78 Å². The molecular weight excluding hydrogens is 322 g/mol. The number of hydrogen-bond donors (Lipinski definition) is 1. The second-order valence-corrected chi connectivity index (χ2v) is 6.32. The van der Waals surface area contributed by atoms with Crippen molar-refractivity contribution in [1.82, 2.24) is 9.88 Å². The van der Waals surface area contributed by atoms with Crippen LogP contribution < -0.4 is 10.1 Å². The van der Waals surface area contributed by atoms with Crippen molar-refractivity contribution in [3.8, 4) is 5.75 Å². The molecule has 1 aliphatic rings. The molecule has 3 nitrogen and oxygen atoms in total. The first kappa shape index (κ1) is 16.1. The minimum absolute atomic E-state index is 0.197. The minimum Gasteiger partial charge on any atom is -0.494 e. The summed E-state index contributed by atoms with van der Waals surface area (Å²) in [5.74, 6) is 0.211. The Morgan fingerprint density at radius 2 is 1.84 bits per heavy atom. The molecule has 0 atom stereocenters. The fourth-order valence-electron chi connectivity index (χ4n) is 3.55. The lowest BCUT2D eigenvalue weighted by Gasteiger charge is -2.17. The van der Waals surface area contributed by atoms with Crippen molar-refractivity contribution >= 4 is 10.9 Å². The number of aromatic nitrogens is 1. The molecule has 2 heterocycles. The number of halogens is 2. The van der Waals surface area contributed by atoms with Crippen molar-refractivity contribution < 1.29 is 13.5 Å². The number of nitrogens with zero attached hydrogens (tertiary/aromatic N) is 1. The van der Waals surface area contributed by atoms with E-state index in [2.05, 4.69) is 9.88 Å². The molecule has 0 bridgehead atoms. The molecule has 1 aromatic heterocycles. The molecule has 3 aromatic rings. The van der Waals surface area contributed by atoms with Gasteiger partial charge >= 0.3 is 0 Å². The standard InChI is InChI=1S/C20H20F2N2O/c21-14-2-5-16(6-3-14)25-11-1-10-24-19-7-4-15(22)12-17(19)18-13-23-9-8-20(18)24/h2-7,12,23H,1,8-11,13H2. The first-order chi connectivity index (χ1) is 12.2. The number of hydrogen-bond acceptors (Lipinski definition) is 2. The molecule has 0 radical (unpaired) electrons. The fraction of sp³-hybridized carbons (Fsp3) is 0.300. The Kier molecular flexibility index (Phi) is 4.40. The SMILES string of the molecule is Fc1ccc(OCCCn2c3c(c4cc(F)ccc42)CNCC3)cc1. The van der Waals surface area contributed by atoms with Gasteiger partial charge in [0.25, 0.3) is 0 Å². The van der Waals surface area contributed by atoms with Gasteiger partial charge in [-0.15, -0.1) is 0 Å². The van der Waals surface area contributed by atoms with Crippen LogP contribution in [-0.4, -0.2) is 17.7 Å². The molecule has 5 heteroatoms. The first-order valence-corrected chi connectivity index (χ1v) is 8.61. The van der Waals surface area contributed by atoms with Crippen LogP contribution in [0.15, 0.2) is 42.5 Å². The summed E-state index contributed by atoms with van der Waals surface area (Å²) < 4.78 is 34.5. The first-order valence-electron chi connectivity index (χ1n) is 8.61. The van der Waals surface area contributed by atoms with Crippen LogP contribution in [0, 0.1) is 11.6 Å². The van der Waals surface area contributed by atoms with Crippen LogP contribution in [0.2, 0.25) is 0 Å². The normalized spacial score (nSPS) is 13.8. The molecule has 0 aliphatic carbocycles. The van der Waals surface area contributed by atoms with Crippen molar-refractivity contribution in [3.05, 3.63) is 65.4 Å². The molecule has 4 rings (SSSR count). The number of benzene rings is 2. The molecule has 2 aromatic carbocycles. The lowest BCUT2D eigenvalue weighted by Crippen LogP contribution is -2.24. The van der Waals surface area contributed by atoms with Gasteiger partial charge < -0.3 is 14.6 Å². The summed E-state index contributed by atoms with van der Waals surface area (Å²) in [6.45, 7) is 3.10. The smallest absolute Gasteiger partial charge is 0.123 e. The predicted molar refractivity (Wildman–Crippen MR) is 93.8 cm³/mol. The van der Waals surface area contributed by atoms with Crippen LogP contribution in [0.3, 0.4) is 0 Å². The number of nitrogens with one attached hydrogen (secondary N) is 1. The van der Waals surface area contributed by atoms with Gasteiger partial charge in [-0.1, -0.05) is 0 Å². The zero-order valence-corrected chi connectivity index (χ0v) is 13.9. The second kappa shape index (κ2) is 6.84. The van der Waals surface area contributed by atoms with Crippen molar-refractivity contribution in [2.24, 2.45) is 0 Å². The Morgan fingerprint density at radius 3 is 2.68 bits per heavy atom. The van der Waals surface area contributed by atoms with E-state index < -0.39 is 0 Å². The highest BCUT2D eigenvalue weighted by atomic mass is 19.1. The Labute approximate surface area is 145 Å². The minimum atomic E-state index is -0.265. The number of rotatable bonds is 5. The molecular formula is C20H20F2N2O. The summed E-state index contributed by atoms with van der Waals surface area (Å²) in [4.78, 5) is 0. The second-order valence-electron chi connectivity index (χ2n) is 6.32. The van der Waals surface area contributed by atoms with Gasteiger partial charge in [-0.2, -0.15) is 0 Å². The summed E-state index contributed by atoms with van der Waals surface area (Å²) in [5.41, 5.74) is 3.58. The highest BCUT2D eigenvalue weighted by Crippen LogP contribution is 2.29. The van der Waals surface area contributed by atoms with E-state index >= 15 is 0 Å². The Hall–Kier alpha value is -2.40. The van der Waals surface area contributed by atoms with Gasteiger partial charge in [0.05, 0.1) is 6.61 Å². The zero-order chi connectivity index (χ0) is 17.2. The largest absolute Gasteiger partial charge is 0.494 e. The van der Waals surface area contributed by atoms with Gasteiger partial charge in [0, 0.05) is 42.7 Å². The van der Waals surface area contributed by atoms with Crippen LogP contribution >= 0.6 is 0 Å². The molecule has 0 amide bonds. The van der Waals surface area contributed by atoms with E-state index in [1.54, 1.807) is 18.2 Å². The van der Waals surface area contributed by atoms with E-state index in [0.717, 1.165) is 43.4 Å². The van der Waals surface area contributed by atoms with E-state index in [1.165, 1.54) is 29.5 Å². The molecule has 25 heavy (non-hydrogen) atoms. The van der Waals surface area contributed by atoms with Gasteiger partial charge in [-0.3, -0.25) is 0 Å². The van der Waals surface area contributed by atoms with Crippen LogP contribution in [-0.2, 0) is 19.5 Å². The number of aryl methyl sites for hydroxylation is 1. The molecule has 1 aliphatic heterocycles. The van der Waals surface area contributed by atoms with Gasteiger partial charge in [-0.05, 0) is 54.4 Å². The van der Waals surface area contributed by atoms with E-state index in [0.29, 0.717) is 12.4 Å². The van der Waals surface area contributed by atoms with Gasteiger partial charge in [0.15, 0.2) is 0 Å². The quantitative estimate of drug-likeness (QED) is 0.709. The molecule has 0 spiro atoms. The van der Waals surface area contributed by atoms with Crippen molar-refractivity contribution in [3.63, 3.8) is 0 Å². The monoisotopic (exact) mass is 342 g/mol. The fourth-order valence-corrected chi connectivity index (χ4v) is 3.55. The van der Waals surface area contributed by atoms with E-state index in [-0.39, 0.29) is 11.6 Å². The maximum Gasteiger partial charge on any atom is 0.123 e. The van der Waals surface area contributed by atoms with Gasteiger partial charge in [0.1, 0.15) is 17.4 Å². The maximum atomic E-state index is 13.7. The third-order valence-corrected chi connectivity index (χ3v) is 4.70. The topological polar surface area (TPSA) is 26.2 Å². The van der Waals surface area contributed by atoms with Crippen LogP contribution in [0.25, 0.3) is 10.9 Å². The molecule has 0 saturated heterocycles. The van der Waals surface area contributed by atoms with E-state index in [1.807, 2.05) is 6.07 Å². The molecule has 0 saturated carbocycles. The lowest BCUT2D eigenvalue weighted by molar-refractivity contribution is 0.301. The summed E-state index contributed by atoms with van der Waals surface area (Å²) in [6, 6.07) is 11.1. The molecule has 130 valence electrons. The summed E-state index contributed by atoms with van der Waals surface area (Å²) in [6.07, 6.45) is 1.78. The van der Waals surface area contributed by atoms with Gasteiger partial charge in [-0.25, -0.2) is 8.78 Å². The number of fused-ring (bicyclic) bond motifs is 3. The maximum absolute atomic E-state index is 13.7. The average molecular weight is 342 g/mol. The third-order valence-electron chi connectivity index (χ3n) is 4.70. The lowest BCUT2D eigenvalue weighted by atomic mass is 10.1. The van der Waals surface area contributed by atoms with Crippen molar-refractivity contribution in [1.29, 1.82) is 0 Å². The summed E-state index contributed by atoms with van der Waals surface area (Å²) >= 11 is 0. The molecule has 0 fully saturated rings. The summed E-state index contributed by atoms with van der Waals surface area (Å²) in [7, 11) is 0. The Morgan fingerprint density at radius 1 is 1.04 bits per heavy atom. The molecule has 1 N–H and O–H groups in total. The Balaban J connectivity index is 1.50. The van der Waals surface area contributed by atoms with Crippen molar-refractivity contribution in [2.75, 3.05) is 13.2 Å². The van der Waals surface area contributed by atoms with Crippen LogP contribution in [0.5, 0.6) is 5.75 Å². The average Bonchev–Trinajstić information content (AvgIpc) is 2.94. The zero-order valence-electron chi connectivity index (χ0n) is 13.9. The van der Waals surface area contributed by atoms with E-state index in [9.17, 15) is 8.78 Å². The summed E-state index contributed by atoms with van der Waals surface area (Å²) in [5, 5.41) is 4.37. The van der Waals surface area contributed by atoms with E-state index in [4.69, 9.17) is 4.74 Å². The van der Waals surface area contributed by atoms with Crippen LogP contribution in [0.1, 0.15) is 17.7 Å². The van der Waals surface area contributed by atoms with Gasteiger partial charge in [0.2, 0.25) is 0 Å². The molecule has 0 unspecified atom stereocenters. The highest BCUT2D eigenvalue weighted by Gasteiger charge is 2.19.